The molecule has 1 aromatic carbocycles. The van der Waals surface area contributed by atoms with E-state index in [9.17, 15) is 5.11 Å². The predicted molar refractivity (Wildman–Crippen MR) is 75.1 cm³/mol. The summed E-state index contributed by atoms with van der Waals surface area (Å²) in [5, 5.41) is 17.1. The van der Waals surface area contributed by atoms with Crippen LogP contribution >= 0.6 is 11.8 Å². The maximum absolute atomic E-state index is 10.2. The summed E-state index contributed by atoms with van der Waals surface area (Å²) in [6, 6.07) is 9.61. The summed E-state index contributed by atoms with van der Waals surface area (Å²) in [7, 11) is 0. The van der Waals surface area contributed by atoms with Crippen molar-refractivity contribution in [2.45, 2.75) is 12.0 Å². The quantitative estimate of drug-likeness (QED) is 0.891. The predicted octanol–water partition coefficient (Wildman–Crippen LogP) is 2.02. The summed E-state index contributed by atoms with van der Waals surface area (Å²) in [6.45, 7) is 0.452. The Kier molecular flexibility index (Phi) is 3.44. The third kappa shape index (κ3) is 2.90. The molecule has 1 saturated heterocycles. The molecule has 0 spiro atoms. The van der Waals surface area contributed by atoms with Crippen LogP contribution in [0.4, 0.5) is 5.95 Å². The minimum Gasteiger partial charge on any atom is -0.387 e. The van der Waals surface area contributed by atoms with Crippen LogP contribution in [-0.2, 0) is 0 Å². The van der Waals surface area contributed by atoms with Gasteiger partial charge in [-0.3, -0.25) is 0 Å². The lowest BCUT2D eigenvalue weighted by Gasteiger charge is -2.20. The number of hydrogen-bond acceptors (Lipinski definition) is 6. The second-order valence-electron chi connectivity index (χ2n) is 4.67. The number of aromatic nitrogens is 2. The highest BCUT2D eigenvalue weighted by Crippen LogP contribution is 2.28. The molecule has 0 saturated carbocycles. The van der Waals surface area contributed by atoms with Gasteiger partial charge >= 0.3 is 0 Å². The summed E-state index contributed by atoms with van der Waals surface area (Å²) >= 11 is 1.76. The fourth-order valence-corrected chi connectivity index (χ4v) is 3.27. The molecule has 2 aromatic rings. The average molecular weight is 277 g/mol. The second kappa shape index (κ2) is 5.22. The number of nitrogens with zero attached hydrogens (tertiary/aromatic N) is 2. The SMILES string of the molecule is OC1(CNc2noc(-c3ccccc3)n2)CCSC1. The third-order valence-corrected chi connectivity index (χ3v) is 4.34. The van der Waals surface area contributed by atoms with Crippen molar-refractivity contribution in [1.82, 2.24) is 10.1 Å². The Morgan fingerprint density at radius 1 is 1.37 bits per heavy atom. The molecule has 1 fully saturated rings. The molecule has 1 aromatic heterocycles. The standard InChI is InChI=1S/C13H15N3O2S/c17-13(6-7-19-9-13)8-14-12-15-11(18-16-12)10-4-2-1-3-5-10/h1-5,17H,6-9H2,(H,14,16). The molecule has 3 rings (SSSR count). The van der Waals surface area contributed by atoms with Gasteiger partial charge in [0.2, 0.25) is 0 Å². The zero-order valence-corrected chi connectivity index (χ0v) is 11.2. The Balaban J connectivity index is 1.65. The van der Waals surface area contributed by atoms with E-state index < -0.39 is 5.60 Å². The van der Waals surface area contributed by atoms with Crippen LogP contribution in [0.5, 0.6) is 0 Å². The Morgan fingerprint density at radius 2 is 2.21 bits per heavy atom. The van der Waals surface area contributed by atoms with E-state index in [1.807, 2.05) is 30.3 Å². The summed E-state index contributed by atoms with van der Waals surface area (Å²) in [5.41, 5.74) is 0.233. The highest BCUT2D eigenvalue weighted by Gasteiger charge is 2.31. The van der Waals surface area contributed by atoms with Crippen molar-refractivity contribution in [3.8, 4) is 11.5 Å². The van der Waals surface area contributed by atoms with Gasteiger partial charge in [0, 0.05) is 17.9 Å². The van der Waals surface area contributed by atoms with Crippen LogP contribution in [0.1, 0.15) is 6.42 Å². The van der Waals surface area contributed by atoms with Crippen molar-refractivity contribution in [2.75, 3.05) is 23.4 Å². The fourth-order valence-electron chi connectivity index (χ4n) is 1.97. The van der Waals surface area contributed by atoms with Gasteiger partial charge in [0.15, 0.2) is 0 Å². The first-order valence-corrected chi connectivity index (χ1v) is 7.34. The first kappa shape index (κ1) is 12.5. The van der Waals surface area contributed by atoms with Crippen LogP contribution in [0.15, 0.2) is 34.9 Å². The van der Waals surface area contributed by atoms with E-state index >= 15 is 0 Å². The molecule has 100 valence electrons. The lowest BCUT2D eigenvalue weighted by Crippen LogP contribution is -2.36. The van der Waals surface area contributed by atoms with Crippen LogP contribution < -0.4 is 5.32 Å². The third-order valence-electron chi connectivity index (χ3n) is 3.10. The normalized spacial score (nSPS) is 22.6. The van der Waals surface area contributed by atoms with Crippen molar-refractivity contribution < 1.29 is 9.63 Å². The van der Waals surface area contributed by atoms with Gasteiger partial charge in [-0.05, 0) is 29.5 Å². The van der Waals surface area contributed by atoms with Crippen LogP contribution in [0.3, 0.4) is 0 Å². The molecule has 0 amide bonds. The molecule has 0 bridgehead atoms. The fraction of sp³-hybridized carbons (Fsp3) is 0.385. The van der Waals surface area contributed by atoms with Gasteiger partial charge in [-0.15, -0.1) is 0 Å². The minimum absolute atomic E-state index is 0.421. The van der Waals surface area contributed by atoms with Crippen LogP contribution in [-0.4, -0.2) is 38.9 Å². The van der Waals surface area contributed by atoms with Crippen molar-refractivity contribution in [2.24, 2.45) is 0 Å². The smallest absolute Gasteiger partial charge is 0.263 e. The lowest BCUT2D eigenvalue weighted by molar-refractivity contribution is 0.0818. The number of nitrogens with one attached hydrogen (secondary N) is 1. The molecule has 1 aliphatic rings. The molecular weight excluding hydrogens is 262 g/mol. The van der Waals surface area contributed by atoms with E-state index in [0.29, 0.717) is 18.4 Å². The Morgan fingerprint density at radius 3 is 2.95 bits per heavy atom. The molecule has 0 aliphatic carbocycles. The number of anilines is 1. The average Bonchev–Trinajstić information content (AvgIpc) is 3.07. The topological polar surface area (TPSA) is 71.2 Å². The Labute approximate surface area is 115 Å². The van der Waals surface area contributed by atoms with Crippen LogP contribution in [0.25, 0.3) is 11.5 Å². The zero-order chi connectivity index (χ0) is 13.1. The van der Waals surface area contributed by atoms with E-state index in [1.54, 1.807) is 11.8 Å². The van der Waals surface area contributed by atoms with E-state index in [1.165, 1.54) is 0 Å². The molecule has 1 unspecified atom stereocenters. The number of hydrogen-bond donors (Lipinski definition) is 2. The monoisotopic (exact) mass is 277 g/mol. The highest BCUT2D eigenvalue weighted by molar-refractivity contribution is 7.99. The van der Waals surface area contributed by atoms with Gasteiger partial charge in [-0.1, -0.05) is 18.2 Å². The van der Waals surface area contributed by atoms with Crippen LogP contribution in [0.2, 0.25) is 0 Å². The Bertz CT molecular complexity index is 538. The van der Waals surface area contributed by atoms with Gasteiger partial charge in [0.05, 0.1) is 5.60 Å². The number of benzene rings is 1. The van der Waals surface area contributed by atoms with Gasteiger partial charge in [0.1, 0.15) is 0 Å². The molecule has 6 heteroatoms. The van der Waals surface area contributed by atoms with Gasteiger partial charge in [-0.2, -0.15) is 16.7 Å². The van der Waals surface area contributed by atoms with E-state index in [2.05, 4.69) is 15.5 Å². The molecule has 1 atom stereocenters. The summed E-state index contributed by atoms with van der Waals surface area (Å²) in [6.07, 6.45) is 0.800. The Hall–Kier alpha value is -1.53. The maximum Gasteiger partial charge on any atom is 0.263 e. The number of rotatable bonds is 4. The zero-order valence-electron chi connectivity index (χ0n) is 10.4. The summed E-state index contributed by atoms with van der Waals surface area (Å²) in [5.74, 6) is 2.66. The van der Waals surface area contributed by atoms with Gasteiger partial charge in [-0.25, -0.2) is 0 Å². The number of aliphatic hydroxyl groups is 1. The van der Waals surface area contributed by atoms with Crippen molar-refractivity contribution in [3.05, 3.63) is 30.3 Å². The van der Waals surface area contributed by atoms with E-state index in [0.717, 1.165) is 23.5 Å². The number of thioether (sulfide) groups is 1. The lowest BCUT2D eigenvalue weighted by atomic mass is 10.0. The molecule has 19 heavy (non-hydrogen) atoms. The highest BCUT2D eigenvalue weighted by atomic mass is 32.2. The van der Waals surface area contributed by atoms with Crippen molar-refractivity contribution in [1.29, 1.82) is 0 Å². The molecule has 2 N–H and O–H groups in total. The van der Waals surface area contributed by atoms with Gasteiger partial charge < -0.3 is 14.9 Å². The molecule has 5 nitrogen and oxygen atoms in total. The summed E-state index contributed by atoms with van der Waals surface area (Å²) in [4.78, 5) is 4.27. The molecular formula is C13H15N3O2S. The first-order valence-electron chi connectivity index (χ1n) is 6.18. The van der Waals surface area contributed by atoms with Crippen molar-refractivity contribution >= 4 is 17.7 Å². The molecule has 0 radical (unpaired) electrons. The second-order valence-corrected chi connectivity index (χ2v) is 5.77. The van der Waals surface area contributed by atoms with E-state index in [-0.39, 0.29) is 0 Å². The maximum atomic E-state index is 10.2. The molecule has 2 heterocycles. The first-order chi connectivity index (χ1) is 9.25. The van der Waals surface area contributed by atoms with Crippen molar-refractivity contribution in [3.63, 3.8) is 0 Å². The van der Waals surface area contributed by atoms with Gasteiger partial charge in [0.25, 0.3) is 11.8 Å². The minimum atomic E-state index is -0.655. The largest absolute Gasteiger partial charge is 0.387 e. The summed E-state index contributed by atoms with van der Waals surface area (Å²) < 4.78 is 5.19. The van der Waals surface area contributed by atoms with E-state index in [4.69, 9.17) is 4.52 Å². The van der Waals surface area contributed by atoms with Crippen LogP contribution in [0, 0.1) is 0 Å². The molecule has 1 aliphatic heterocycles.